The van der Waals surface area contributed by atoms with Gasteiger partial charge in [-0.2, -0.15) is 0 Å². The lowest BCUT2D eigenvalue weighted by atomic mass is 9.95. The number of rotatable bonds is 4. The number of amides is 1. The molecule has 1 unspecified atom stereocenters. The van der Waals surface area contributed by atoms with Gasteiger partial charge in [-0.15, -0.1) is 0 Å². The number of benzene rings is 3. The number of phenolic OH excluding ortho intramolecular Hbond substituents is 1. The highest BCUT2D eigenvalue weighted by Crippen LogP contribution is 2.43. The highest BCUT2D eigenvalue weighted by atomic mass is 35.5. The molecule has 1 saturated heterocycles. The Morgan fingerprint density at radius 3 is 2.27 bits per heavy atom. The first-order chi connectivity index (χ1) is 15.7. The fourth-order valence-electron chi connectivity index (χ4n) is 3.92. The number of carbonyl (C=O) groups excluding carboxylic acids is 2. The summed E-state index contributed by atoms with van der Waals surface area (Å²) >= 11 is 6.22. The minimum absolute atomic E-state index is 0.0452. The zero-order valence-electron chi connectivity index (χ0n) is 18.3. The molecule has 0 aliphatic carbocycles. The van der Waals surface area contributed by atoms with E-state index in [-0.39, 0.29) is 27.7 Å². The third-order valence-electron chi connectivity index (χ3n) is 5.85. The van der Waals surface area contributed by atoms with Gasteiger partial charge in [0.05, 0.1) is 23.7 Å². The Morgan fingerprint density at radius 1 is 0.970 bits per heavy atom. The van der Waals surface area contributed by atoms with E-state index in [1.807, 2.05) is 26.0 Å². The standard InChI is InChI=1S/C26H22ClNO5/c1-14-4-8-18(12-15(14)2)28-23(16-5-9-19(29)10-6-16)22(25(31)26(28)32)24(30)17-7-11-21(33-3)20(27)13-17/h4-13,23,29-30H,1-3H3/b24-22+. The topological polar surface area (TPSA) is 87.1 Å². The van der Waals surface area contributed by atoms with Crippen molar-refractivity contribution in [3.05, 3.63) is 93.5 Å². The van der Waals surface area contributed by atoms with E-state index in [2.05, 4.69) is 0 Å². The fourth-order valence-corrected chi connectivity index (χ4v) is 4.17. The second kappa shape index (κ2) is 8.64. The van der Waals surface area contributed by atoms with Crippen LogP contribution in [0.25, 0.3) is 5.76 Å². The zero-order valence-corrected chi connectivity index (χ0v) is 19.1. The third kappa shape index (κ3) is 3.94. The lowest BCUT2D eigenvalue weighted by Gasteiger charge is -2.26. The molecule has 168 valence electrons. The van der Waals surface area contributed by atoms with Crippen molar-refractivity contribution in [1.82, 2.24) is 0 Å². The van der Waals surface area contributed by atoms with Crippen LogP contribution in [-0.2, 0) is 9.59 Å². The lowest BCUT2D eigenvalue weighted by Crippen LogP contribution is -2.29. The summed E-state index contributed by atoms with van der Waals surface area (Å²) in [7, 11) is 1.47. The molecule has 2 N–H and O–H groups in total. The number of nitrogens with zero attached hydrogens (tertiary/aromatic N) is 1. The number of methoxy groups -OCH3 is 1. The van der Waals surface area contributed by atoms with Gasteiger partial charge in [0, 0.05) is 11.3 Å². The van der Waals surface area contributed by atoms with Crippen LogP contribution in [0.1, 0.15) is 28.3 Å². The van der Waals surface area contributed by atoms with E-state index in [9.17, 15) is 19.8 Å². The van der Waals surface area contributed by atoms with Crippen LogP contribution in [0.2, 0.25) is 5.02 Å². The number of phenols is 1. The van der Waals surface area contributed by atoms with Gasteiger partial charge in [-0.25, -0.2) is 0 Å². The largest absolute Gasteiger partial charge is 0.508 e. The lowest BCUT2D eigenvalue weighted by molar-refractivity contribution is -0.132. The van der Waals surface area contributed by atoms with Crippen LogP contribution >= 0.6 is 11.6 Å². The van der Waals surface area contributed by atoms with E-state index in [1.54, 1.807) is 30.3 Å². The third-order valence-corrected chi connectivity index (χ3v) is 6.14. The molecule has 33 heavy (non-hydrogen) atoms. The zero-order chi connectivity index (χ0) is 23.9. The number of hydrogen-bond donors (Lipinski definition) is 2. The molecule has 1 aliphatic rings. The van der Waals surface area contributed by atoms with Crippen molar-refractivity contribution in [2.75, 3.05) is 12.0 Å². The number of aryl methyl sites for hydroxylation is 2. The summed E-state index contributed by atoms with van der Waals surface area (Å²) in [5.74, 6) is -1.45. The van der Waals surface area contributed by atoms with Gasteiger partial charge >= 0.3 is 0 Å². The maximum atomic E-state index is 13.2. The van der Waals surface area contributed by atoms with Gasteiger partial charge in [-0.3, -0.25) is 14.5 Å². The molecule has 1 fully saturated rings. The molecule has 1 amide bonds. The first-order valence-electron chi connectivity index (χ1n) is 10.2. The van der Waals surface area contributed by atoms with Gasteiger partial charge in [0.1, 0.15) is 17.3 Å². The molecule has 1 heterocycles. The summed E-state index contributed by atoms with van der Waals surface area (Å²) in [5.41, 5.74) is 3.31. The maximum absolute atomic E-state index is 13.2. The quantitative estimate of drug-likeness (QED) is 0.311. The highest BCUT2D eigenvalue weighted by molar-refractivity contribution is 6.51. The van der Waals surface area contributed by atoms with Crippen LogP contribution in [0.3, 0.4) is 0 Å². The van der Waals surface area contributed by atoms with Crippen molar-refractivity contribution in [3.63, 3.8) is 0 Å². The summed E-state index contributed by atoms with van der Waals surface area (Å²) < 4.78 is 5.16. The molecule has 0 aromatic heterocycles. The summed E-state index contributed by atoms with van der Waals surface area (Å²) in [4.78, 5) is 27.8. The van der Waals surface area contributed by atoms with E-state index in [0.717, 1.165) is 11.1 Å². The van der Waals surface area contributed by atoms with Crippen LogP contribution in [-0.4, -0.2) is 29.0 Å². The van der Waals surface area contributed by atoms with Gasteiger partial charge < -0.3 is 14.9 Å². The second-order valence-corrected chi connectivity index (χ2v) is 8.29. The number of carbonyl (C=O) groups is 2. The van der Waals surface area contributed by atoms with Crippen LogP contribution in [0.15, 0.2) is 66.2 Å². The minimum Gasteiger partial charge on any atom is -0.508 e. The number of ether oxygens (including phenoxy) is 1. The molecule has 6 nitrogen and oxygen atoms in total. The molecule has 4 rings (SSSR count). The van der Waals surface area contributed by atoms with E-state index in [1.165, 1.54) is 30.2 Å². The monoisotopic (exact) mass is 463 g/mol. The molecule has 0 spiro atoms. The number of aliphatic hydroxyl groups excluding tert-OH is 1. The van der Waals surface area contributed by atoms with E-state index >= 15 is 0 Å². The average Bonchev–Trinajstić information content (AvgIpc) is 3.06. The minimum atomic E-state index is -0.895. The van der Waals surface area contributed by atoms with Crippen LogP contribution in [0, 0.1) is 13.8 Å². The van der Waals surface area contributed by atoms with Gasteiger partial charge in [-0.1, -0.05) is 29.8 Å². The number of aliphatic hydroxyl groups is 1. The molecule has 1 atom stereocenters. The summed E-state index contributed by atoms with van der Waals surface area (Å²) in [5, 5.41) is 21.2. The molecule has 3 aromatic rings. The van der Waals surface area contributed by atoms with Crippen molar-refractivity contribution < 1.29 is 24.5 Å². The Bertz CT molecular complexity index is 1300. The van der Waals surface area contributed by atoms with Crippen molar-refractivity contribution in [2.24, 2.45) is 0 Å². The normalized spacial score (nSPS) is 17.5. The van der Waals surface area contributed by atoms with Crippen molar-refractivity contribution in [1.29, 1.82) is 0 Å². The van der Waals surface area contributed by atoms with Gasteiger partial charge in [-0.05, 0) is 73.0 Å². The Kier molecular flexibility index (Phi) is 5.87. The van der Waals surface area contributed by atoms with E-state index < -0.39 is 17.7 Å². The van der Waals surface area contributed by atoms with Crippen LogP contribution in [0.5, 0.6) is 11.5 Å². The van der Waals surface area contributed by atoms with E-state index in [4.69, 9.17) is 16.3 Å². The summed E-state index contributed by atoms with van der Waals surface area (Å²) in [6.07, 6.45) is 0. The predicted octanol–water partition coefficient (Wildman–Crippen LogP) is 5.30. The predicted molar refractivity (Wildman–Crippen MR) is 127 cm³/mol. The van der Waals surface area contributed by atoms with Crippen molar-refractivity contribution in [2.45, 2.75) is 19.9 Å². The smallest absolute Gasteiger partial charge is 0.300 e. The molecular weight excluding hydrogens is 442 g/mol. The van der Waals surface area contributed by atoms with Gasteiger partial charge in [0.25, 0.3) is 11.7 Å². The molecule has 3 aromatic carbocycles. The highest BCUT2D eigenvalue weighted by Gasteiger charge is 2.47. The number of anilines is 1. The first-order valence-corrected chi connectivity index (χ1v) is 10.6. The van der Waals surface area contributed by atoms with Crippen LogP contribution < -0.4 is 9.64 Å². The average molecular weight is 464 g/mol. The molecule has 0 radical (unpaired) electrons. The van der Waals surface area contributed by atoms with Crippen molar-refractivity contribution in [3.8, 4) is 11.5 Å². The number of ketones is 1. The second-order valence-electron chi connectivity index (χ2n) is 7.88. The Morgan fingerprint density at radius 2 is 1.67 bits per heavy atom. The fraction of sp³-hybridized carbons (Fsp3) is 0.154. The Balaban J connectivity index is 1.94. The number of Topliss-reactive ketones (excluding diaryl/α,β-unsaturated/α-hetero) is 1. The summed E-state index contributed by atoms with van der Waals surface area (Å²) in [6, 6.07) is 15.4. The Labute approximate surface area is 196 Å². The van der Waals surface area contributed by atoms with Gasteiger partial charge in [0.2, 0.25) is 0 Å². The molecular formula is C26H22ClNO5. The van der Waals surface area contributed by atoms with E-state index in [0.29, 0.717) is 17.0 Å². The first kappa shape index (κ1) is 22.4. The summed E-state index contributed by atoms with van der Waals surface area (Å²) in [6.45, 7) is 3.88. The van der Waals surface area contributed by atoms with Crippen molar-refractivity contribution >= 4 is 34.7 Å². The molecule has 1 aliphatic heterocycles. The number of halogens is 1. The molecule has 0 saturated carbocycles. The number of hydrogen-bond acceptors (Lipinski definition) is 5. The van der Waals surface area contributed by atoms with Crippen LogP contribution in [0.4, 0.5) is 5.69 Å². The SMILES string of the molecule is COc1ccc(/C(O)=C2\C(=O)C(=O)N(c3ccc(C)c(C)c3)C2c2ccc(O)cc2)cc1Cl. The molecule has 0 bridgehead atoms. The molecule has 7 heteroatoms. The number of aromatic hydroxyl groups is 1. The maximum Gasteiger partial charge on any atom is 0.300 e. The Hall–Kier alpha value is -3.77. The van der Waals surface area contributed by atoms with Gasteiger partial charge in [0.15, 0.2) is 0 Å².